The van der Waals surface area contributed by atoms with Gasteiger partial charge in [0.1, 0.15) is 5.69 Å². The van der Waals surface area contributed by atoms with E-state index >= 15 is 0 Å². The van der Waals surface area contributed by atoms with Crippen molar-refractivity contribution in [3.63, 3.8) is 0 Å². The van der Waals surface area contributed by atoms with Crippen LogP contribution in [0.25, 0.3) is 11.5 Å². The lowest BCUT2D eigenvalue weighted by Gasteiger charge is -2.20. The molecule has 5 heteroatoms. The van der Waals surface area contributed by atoms with Crippen molar-refractivity contribution in [3.8, 4) is 11.5 Å². The lowest BCUT2D eigenvalue weighted by molar-refractivity contribution is 0.238. The number of carbonyl (C=O) groups excluding carboxylic acids is 1. The summed E-state index contributed by atoms with van der Waals surface area (Å²) in [4.78, 5) is 17.0. The Balaban J connectivity index is 1.41. The van der Waals surface area contributed by atoms with E-state index in [2.05, 4.69) is 15.6 Å². The average molecular weight is 383 g/mol. The van der Waals surface area contributed by atoms with Crippen molar-refractivity contribution in [2.24, 2.45) is 0 Å². The lowest BCUT2D eigenvalue weighted by Crippen LogP contribution is -2.38. The number of nitrogens with zero attached hydrogens (tertiary/aromatic N) is 1. The van der Waals surface area contributed by atoms with Crippen LogP contribution >= 0.6 is 0 Å². The first-order chi connectivity index (χ1) is 14.3. The maximum atomic E-state index is 12.6. The van der Waals surface area contributed by atoms with Gasteiger partial charge in [-0.3, -0.25) is 4.98 Å². The molecule has 0 radical (unpaired) electrons. The first-order valence-electron chi connectivity index (χ1n) is 9.42. The number of nitrogens with one attached hydrogen (secondary N) is 2. The van der Waals surface area contributed by atoms with E-state index in [9.17, 15) is 4.79 Å². The van der Waals surface area contributed by atoms with E-state index in [-0.39, 0.29) is 12.1 Å². The predicted octanol–water partition coefficient (Wildman–Crippen LogP) is 4.93. The molecule has 0 aliphatic carbocycles. The molecule has 0 atom stereocenters. The summed E-state index contributed by atoms with van der Waals surface area (Å²) >= 11 is 0. The topological polar surface area (TPSA) is 67.2 Å². The Morgan fingerprint density at radius 1 is 0.862 bits per heavy atom. The third-order valence-corrected chi connectivity index (χ3v) is 4.59. The van der Waals surface area contributed by atoms with Gasteiger partial charge in [-0.25, -0.2) is 4.79 Å². The summed E-state index contributed by atoms with van der Waals surface area (Å²) in [6.45, 7) is 0.383. The summed E-state index contributed by atoms with van der Waals surface area (Å²) < 4.78 is 5.34. The van der Waals surface area contributed by atoms with Gasteiger partial charge in [0.25, 0.3) is 0 Å². The molecular weight excluding hydrogens is 362 g/mol. The van der Waals surface area contributed by atoms with E-state index < -0.39 is 0 Å². The molecule has 0 bridgehead atoms. The predicted molar refractivity (Wildman–Crippen MR) is 112 cm³/mol. The smallest absolute Gasteiger partial charge is 0.315 e. The molecule has 0 saturated carbocycles. The van der Waals surface area contributed by atoms with Crippen LogP contribution < -0.4 is 10.6 Å². The molecule has 2 aromatic heterocycles. The zero-order valence-corrected chi connectivity index (χ0v) is 15.8. The van der Waals surface area contributed by atoms with Crippen molar-refractivity contribution < 1.29 is 9.21 Å². The zero-order chi connectivity index (χ0) is 19.9. The van der Waals surface area contributed by atoms with Crippen molar-refractivity contribution >= 4 is 6.03 Å². The molecular formula is C24H21N3O2. The van der Waals surface area contributed by atoms with Gasteiger partial charge in [0.05, 0.1) is 12.3 Å². The van der Waals surface area contributed by atoms with Crippen LogP contribution in [0.5, 0.6) is 0 Å². The molecule has 2 heterocycles. The third kappa shape index (κ3) is 4.71. The summed E-state index contributed by atoms with van der Waals surface area (Å²) in [5.74, 6) is 0.718. The molecule has 29 heavy (non-hydrogen) atoms. The van der Waals surface area contributed by atoms with Crippen LogP contribution in [-0.2, 0) is 6.54 Å². The Kier molecular flexibility index (Phi) is 5.67. The Morgan fingerprint density at radius 3 is 2.10 bits per heavy atom. The summed E-state index contributed by atoms with van der Waals surface area (Å²) in [5.41, 5.74) is 3.72. The quantitative estimate of drug-likeness (QED) is 0.496. The van der Waals surface area contributed by atoms with Gasteiger partial charge in [-0.1, -0.05) is 66.7 Å². The third-order valence-electron chi connectivity index (χ3n) is 4.59. The highest BCUT2D eigenvalue weighted by molar-refractivity contribution is 5.75. The molecule has 2 aromatic carbocycles. The SMILES string of the molecule is O=C(NCc1ccc(-c2ccco2)nc1)NC(c1ccccc1)c1ccccc1. The van der Waals surface area contributed by atoms with E-state index in [1.54, 1.807) is 12.5 Å². The van der Waals surface area contributed by atoms with Crippen LogP contribution in [0.1, 0.15) is 22.7 Å². The van der Waals surface area contributed by atoms with Gasteiger partial charge >= 0.3 is 6.03 Å². The van der Waals surface area contributed by atoms with Gasteiger partial charge < -0.3 is 15.1 Å². The fourth-order valence-electron chi connectivity index (χ4n) is 3.11. The number of aromatic nitrogens is 1. The van der Waals surface area contributed by atoms with Gasteiger partial charge in [-0.15, -0.1) is 0 Å². The average Bonchev–Trinajstić information content (AvgIpc) is 3.33. The minimum absolute atomic E-state index is 0.225. The molecule has 4 aromatic rings. The summed E-state index contributed by atoms with van der Waals surface area (Å²) in [5, 5.41) is 5.98. The van der Waals surface area contributed by atoms with Gasteiger partial charge in [0.2, 0.25) is 0 Å². The maximum Gasteiger partial charge on any atom is 0.315 e. The number of hydrogen-bond donors (Lipinski definition) is 2. The number of amides is 2. The molecule has 0 spiro atoms. The highest BCUT2D eigenvalue weighted by Crippen LogP contribution is 2.21. The molecule has 0 fully saturated rings. The Labute approximate surface area is 169 Å². The van der Waals surface area contributed by atoms with Crippen molar-refractivity contribution in [1.82, 2.24) is 15.6 Å². The van der Waals surface area contributed by atoms with Gasteiger partial charge in [0, 0.05) is 12.7 Å². The molecule has 2 amide bonds. The van der Waals surface area contributed by atoms with Crippen LogP contribution in [0, 0.1) is 0 Å². The van der Waals surface area contributed by atoms with E-state index in [4.69, 9.17) is 4.42 Å². The summed E-state index contributed by atoms with van der Waals surface area (Å²) in [6, 6.07) is 26.9. The van der Waals surface area contributed by atoms with E-state index in [1.807, 2.05) is 84.9 Å². The van der Waals surface area contributed by atoms with Crippen molar-refractivity contribution in [3.05, 3.63) is 114 Å². The number of rotatable bonds is 6. The highest BCUT2D eigenvalue weighted by atomic mass is 16.3. The minimum atomic E-state index is -0.238. The first kappa shape index (κ1) is 18.5. The van der Waals surface area contributed by atoms with Crippen LogP contribution in [0.15, 0.2) is 102 Å². The molecule has 144 valence electrons. The van der Waals surface area contributed by atoms with Crippen molar-refractivity contribution in [1.29, 1.82) is 0 Å². The van der Waals surface area contributed by atoms with Crippen molar-refractivity contribution in [2.45, 2.75) is 12.6 Å². The van der Waals surface area contributed by atoms with Crippen LogP contribution in [0.3, 0.4) is 0 Å². The monoisotopic (exact) mass is 383 g/mol. The Morgan fingerprint density at radius 2 is 1.55 bits per heavy atom. The van der Waals surface area contributed by atoms with Gasteiger partial charge in [-0.05, 0) is 34.9 Å². The number of benzene rings is 2. The standard InChI is InChI=1S/C24H21N3O2/c28-24(26-17-18-13-14-21(25-16-18)22-12-7-15-29-22)27-23(19-8-3-1-4-9-19)20-10-5-2-6-11-20/h1-16,23H,17H2,(H2,26,27,28). The molecule has 0 unspecified atom stereocenters. The maximum absolute atomic E-state index is 12.6. The largest absolute Gasteiger partial charge is 0.463 e. The number of urea groups is 1. The molecule has 0 saturated heterocycles. The van der Waals surface area contributed by atoms with Crippen molar-refractivity contribution in [2.75, 3.05) is 0 Å². The Bertz CT molecular complexity index is 991. The minimum Gasteiger partial charge on any atom is -0.463 e. The summed E-state index contributed by atoms with van der Waals surface area (Å²) in [7, 11) is 0. The fourth-order valence-corrected chi connectivity index (χ4v) is 3.11. The number of furan rings is 1. The molecule has 4 rings (SSSR count). The Hall–Kier alpha value is -3.86. The fraction of sp³-hybridized carbons (Fsp3) is 0.0833. The molecule has 0 aliphatic heterocycles. The number of hydrogen-bond acceptors (Lipinski definition) is 3. The second-order valence-electron chi connectivity index (χ2n) is 6.61. The van der Waals surface area contributed by atoms with Crippen LogP contribution in [0.2, 0.25) is 0 Å². The normalized spacial score (nSPS) is 10.7. The van der Waals surface area contributed by atoms with E-state index in [0.29, 0.717) is 6.54 Å². The molecule has 0 aliphatic rings. The molecule has 2 N–H and O–H groups in total. The van der Waals surface area contributed by atoms with Gasteiger partial charge in [-0.2, -0.15) is 0 Å². The van der Waals surface area contributed by atoms with Crippen LogP contribution in [0.4, 0.5) is 4.79 Å². The van der Waals surface area contributed by atoms with Crippen LogP contribution in [-0.4, -0.2) is 11.0 Å². The zero-order valence-electron chi connectivity index (χ0n) is 15.8. The molecule has 5 nitrogen and oxygen atoms in total. The van der Waals surface area contributed by atoms with E-state index in [0.717, 1.165) is 28.1 Å². The van der Waals surface area contributed by atoms with E-state index in [1.165, 1.54) is 0 Å². The first-order valence-corrected chi connectivity index (χ1v) is 9.42. The summed E-state index contributed by atoms with van der Waals surface area (Å²) in [6.07, 6.45) is 3.36. The second-order valence-corrected chi connectivity index (χ2v) is 6.61. The highest BCUT2D eigenvalue weighted by Gasteiger charge is 2.16. The number of carbonyl (C=O) groups is 1. The second kappa shape index (κ2) is 8.89. The van der Waals surface area contributed by atoms with Gasteiger partial charge in [0.15, 0.2) is 5.76 Å². The lowest BCUT2D eigenvalue weighted by atomic mass is 9.99. The number of pyridine rings is 1.